The second-order valence-electron chi connectivity index (χ2n) is 1.96. The third-order valence-electron chi connectivity index (χ3n) is 1.21. The molecule has 0 aromatic heterocycles. The van der Waals surface area contributed by atoms with E-state index in [9.17, 15) is 0 Å². The Kier molecular flexibility index (Phi) is 2.28. The average Bonchev–Trinajstić information content (AvgIpc) is 1.64. The fourth-order valence-electron chi connectivity index (χ4n) is 0.732. The van der Waals surface area contributed by atoms with Crippen LogP contribution in [0, 0.1) is 0 Å². The third-order valence-corrected chi connectivity index (χ3v) is 1.85. The van der Waals surface area contributed by atoms with Gasteiger partial charge in [0, 0.05) is 6.42 Å². The molecule has 2 atom stereocenters. The molecule has 1 heterocycles. The van der Waals surface area contributed by atoms with E-state index in [-0.39, 0.29) is 11.1 Å². The van der Waals surface area contributed by atoms with Crippen LogP contribution in [0.25, 0.3) is 0 Å². The summed E-state index contributed by atoms with van der Waals surface area (Å²) in [6.07, 6.45) is 1.34. The van der Waals surface area contributed by atoms with E-state index in [1.807, 2.05) is 0 Å². The van der Waals surface area contributed by atoms with Crippen molar-refractivity contribution in [1.29, 1.82) is 0 Å². The van der Waals surface area contributed by atoms with E-state index >= 15 is 0 Å². The zero-order chi connectivity index (χ0) is 5.98. The van der Waals surface area contributed by atoms with E-state index in [4.69, 9.17) is 9.84 Å². The van der Waals surface area contributed by atoms with Crippen LogP contribution < -0.4 is 0 Å². The van der Waals surface area contributed by atoms with Gasteiger partial charge in [0.25, 0.3) is 0 Å². The molecule has 8 heavy (non-hydrogen) atoms. The monoisotopic (exact) mass is 180 g/mol. The van der Waals surface area contributed by atoms with Crippen LogP contribution in [0.15, 0.2) is 0 Å². The van der Waals surface area contributed by atoms with Crippen molar-refractivity contribution >= 4 is 15.9 Å². The molecule has 0 aromatic carbocycles. The summed E-state index contributed by atoms with van der Waals surface area (Å²) in [5.41, 5.74) is 0. The molecule has 1 N–H and O–H groups in total. The maximum Gasteiger partial charge on any atom is 0.114 e. The first-order chi connectivity index (χ1) is 3.79. The fraction of sp³-hybridized carbons (Fsp3) is 1.00. The molecule has 0 aromatic rings. The lowest BCUT2D eigenvalue weighted by Crippen LogP contribution is -2.24. The van der Waals surface area contributed by atoms with Crippen LogP contribution in [-0.2, 0) is 4.74 Å². The van der Waals surface area contributed by atoms with Crippen molar-refractivity contribution in [3.8, 4) is 0 Å². The minimum atomic E-state index is -0.159. The molecule has 3 heteroatoms. The molecule has 0 unspecified atom stereocenters. The van der Waals surface area contributed by atoms with Crippen molar-refractivity contribution in [3.05, 3.63) is 0 Å². The topological polar surface area (TPSA) is 29.5 Å². The van der Waals surface area contributed by atoms with Gasteiger partial charge >= 0.3 is 0 Å². The van der Waals surface area contributed by atoms with Gasteiger partial charge in [0.15, 0.2) is 0 Å². The number of halogens is 1. The second-order valence-corrected chi connectivity index (χ2v) is 2.98. The molecule has 1 saturated heterocycles. The highest BCUT2D eigenvalue weighted by atomic mass is 79.9. The smallest absolute Gasteiger partial charge is 0.114 e. The van der Waals surface area contributed by atoms with E-state index in [0.717, 1.165) is 12.8 Å². The van der Waals surface area contributed by atoms with Crippen LogP contribution in [0.3, 0.4) is 0 Å². The Bertz CT molecular complexity index is 68.8. The van der Waals surface area contributed by atoms with E-state index in [2.05, 4.69) is 15.9 Å². The molecule has 1 fully saturated rings. The lowest BCUT2D eigenvalue weighted by Gasteiger charge is -2.21. The molecule has 48 valence electrons. The van der Waals surface area contributed by atoms with Crippen molar-refractivity contribution in [3.63, 3.8) is 0 Å². The van der Waals surface area contributed by atoms with Gasteiger partial charge in [-0.15, -0.1) is 0 Å². The molecule has 2 nitrogen and oxygen atoms in total. The van der Waals surface area contributed by atoms with E-state index in [1.165, 1.54) is 0 Å². The average molecular weight is 181 g/mol. The van der Waals surface area contributed by atoms with Gasteiger partial charge in [-0.2, -0.15) is 0 Å². The molecule has 1 rings (SSSR count). The van der Waals surface area contributed by atoms with Gasteiger partial charge in [-0.3, -0.25) is 0 Å². The normalized spacial score (nSPS) is 39.8. The quantitative estimate of drug-likeness (QED) is 0.562. The Morgan fingerprint density at radius 3 is 2.75 bits per heavy atom. The Balaban J connectivity index is 2.23. The van der Waals surface area contributed by atoms with Crippen LogP contribution in [0.4, 0.5) is 0 Å². The number of alkyl halides is 1. The van der Waals surface area contributed by atoms with Gasteiger partial charge in [-0.25, -0.2) is 0 Å². The Labute approximate surface area is 57.0 Å². The number of aliphatic hydroxyl groups excluding tert-OH is 1. The summed E-state index contributed by atoms with van der Waals surface area (Å²) in [6.45, 7) is 0.678. The zero-order valence-corrected chi connectivity index (χ0v) is 6.10. The lowest BCUT2D eigenvalue weighted by atomic mass is 10.2. The van der Waals surface area contributed by atoms with Crippen molar-refractivity contribution in [2.45, 2.75) is 24.0 Å². The molecule has 1 aliphatic rings. The van der Waals surface area contributed by atoms with Gasteiger partial charge in [0.1, 0.15) is 5.01 Å². The largest absolute Gasteiger partial charge is 0.393 e. The van der Waals surface area contributed by atoms with Crippen LogP contribution >= 0.6 is 15.9 Å². The van der Waals surface area contributed by atoms with Crippen LogP contribution in [0.2, 0.25) is 0 Å². The summed E-state index contributed by atoms with van der Waals surface area (Å²) >= 11 is 3.25. The van der Waals surface area contributed by atoms with E-state index in [0.29, 0.717) is 6.61 Å². The standard InChI is InChI=1S/C5H9BrO2/c6-5-3-4(7)1-2-8-5/h4-5,7H,1-3H2/t4-,5-/m0/s1. The molecular formula is C5H9BrO2. The molecule has 1 aliphatic heterocycles. The van der Waals surface area contributed by atoms with E-state index < -0.39 is 0 Å². The minimum Gasteiger partial charge on any atom is -0.393 e. The Morgan fingerprint density at radius 1 is 1.62 bits per heavy atom. The number of rotatable bonds is 0. The summed E-state index contributed by atoms with van der Waals surface area (Å²) in [5.74, 6) is 0. The lowest BCUT2D eigenvalue weighted by molar-refractivity contribution is 0.000466. The Hall–Kier alpha value is 0.400. The maximum absolute atomic E-state index is 8.97. The third kappa shape index (κ3) is 1.73. The van der Waals surface area contributed by atoms with E-state index in [1.54, 1.807) is 0 Å². The number of aliphatic hydroxyl groups is 1. The predicted molar refractivity (Wildman–Crippen MR) is 33.9 cm³/mol. The van der Waals surface area contributed by atoms with Gasteiger partial charge in [-0.05, 0) is 6.42 Å². The molecule has 0 saturated carbocycles. The Morgan fingerprint density at radius 2 is 2.38 bits per heavy atom. The summed E-state index contributed by atoms with van der Waals surface area (Å²) in [4.78, 5) is 0. The number of hydrogen-bond donors (Lipinski definition) is 1. The molecule has 0 aliphatic carbocycles. The van der Waals surface area contributed by atoms with Crippen LogP contribution in [-0.4, -0.2) is 22.8 Å². The highest BCUT2D eigenvalue weighted by Crippen LogP contribution is 2.17. The van der Waals surface area contributed by atoms with Crippen LogP contribution in [0.5, 0.6) is 0 Å². The SMILES string of the molecule is O[C@H]1CCO[C@H](Br)C1. The minimum absolute atomic E-state index is 0.0752. The van der Waals surface area contributed by atoms with Crippen molar-refractivity contribution in [2.75, 3.05) is 6.61 Å². The number of ether oxygens (including phenoxy) is 1. The van der Waals surface area contributed by atoms with Gasteiger partial charge < -0.3 is 9.84 Å². The first kappa shape index (κ1) is 6.52. The highest BCUT2D eigenvalue weighted by molar-refractivity contribution is 9.09. The molecular weight excluding hydrogens is 172 g/mol. The summed E-state index contributed by atoms with van der Waals surface area (Å²) < 4.78 is 5.10. The van der Waals surface area contributed by atoms with Crippen molar-refractivity contribution in [2.24, 2.45) is 0 Å². The predicted octanol–water partition coefficient (Wildman–Crippen LogP) is 0.879. The summed E-state index contributed by atoms with van der Waals surface area (Å²) in [6, 6.07) is 0. The van der Waals surface area contributed by atoms with Crippen LogP contribution in [0.1, 0.15) is 12.8 Å². The summed E-state index contributed by atoms with van der Waals surface area (Å²) in [7, 11) is 0. The highest BCUT2D eigenvalue weighted by Gasteiger charge is 2.16. The second kappa shape index (κ2) is 2.80. The first-order valence-corrected chi connectivity index (χ1v) is 3.64. The summed E-state index contributed by atoms with van der Waals surface area (Å²) in [5, 5.41) is 9.04. The van der Waals surface area contributed by atoms with Gasteiger partial charge in [0.2, 0.25) is 0 Å². The van der Waals surface area contributed by atoms with Gasteiger partial charge in [-0.1, -0.05) is 15.9 Å². The van der Waals surface area contributed by atoms with Gasteiger partial charge in [0.05, 0.1) is 12.7 Å². The van der Waals surface area contributed by atoms with Crippen molar-refractivity contribution < 1.29 is 9.84 Å². The molecule has 0 spiro atoms. The fourth-order valence-corrected chi connectivity index (χ4v) is 1.35. The van der Waals surface area contributed by atoms with Crippen molar-refractivity contribution in [1.82, 2.24) is 0 Å². The maximum atomic E-state index is 8.97. The molecule has 0 radical (unpaired) electrons. The molecule has 0 amide bonds. The number of hydrogen-bond acceptors (Lipinski definition) is 2. The zero-order valence-electron chi connectivity index (χ0n) is 4.51. The first-order valence-electron chi connectivity index (χ1n) is 2.73. The molecule has 0 bridgehead atoms.